The van der Waals surface area contributed by atoms with Crippen LogP contribution >= 0.6 is 11.3 Å². The molecule has 0 amide bonds. The summed E-state index contributed by atoms with van der Waals surface area (Å²) in [6.07, 6.45) is 6.51. The molecule has 0 fully saturated rings. The van der Waals surface area contributed by atoms with Gasteiger partial charge in [0.2, 0.25) is 0 Å². The molecule has 0 aliphatic heterocycles. The Balaban J connectivity index is 0.856. The molecule has 1 aliphatic rings. The third-order valence-corrected chi connectivity index (χ3v) is 16.5. The minimum absolute atomic E-state index is 0.868. The van der Waals surface area contributed by atoms with Crippen LogP contribution in [-0.2, 0) is 0 Å². The zero-order valence-electron chi connectivity index (χ0n) is 38.7. The van der Waals surface area contributed by atoms with Crippen molar-refractivity contribution in [3.63, 3.8) is 0 Å². The highest BCUT2D eigenvalue weighted by Gasteiger charge is 2.20. The van der Waals surface area contributed by atoms with Gasteiger partial charge in [-0.15, -0.1) is 11.3 Å². The summed E-state index contributed by atoms with van der Waals surface area (Å²) >= 11 is 1.94. The van der Waals surface area contributed by atoms with Crippen LogP contribution in [0.25, 0.3) is 142 Å². The molecule has 0 atom stereocenters. The second-order valence-electron chi connectivity index (χ2n) is 18.9. The maximum Gasteiger partial charge on any atom is 0.0979 e. The predicted molar refractivity (Wildman–Crippen MR) is 304 cm³/mol. The summed E-state index contributed by atoms with van der Waals surface area (Å²) in [6.45, 7) is 0. The molecule has 0 saturated heterocycles. The monoisotopic (exact) mass is 918 g/mol. The summed E-state index contributed by atoms with van der Waals surface area (Å²) < 4.78 is 2.79. The van der Waals surface area contributed by atoms with E-state index in [-0.39, 0.29) is 0 Å². The Morgan fingerprint density at radius 3 is 1.17 bits per heavy atom. The van der Waals surface area contributed by atoms with Gasteiger partial charge >= 0.3 is 0 Å². The smallest absolute Gasteiger partial charge is 0.0979 e. The van der Waals surface area contributed by atoms with Crippen LogP contribution in [0, 0.1) is 0 Å². The minimum Gasteiger partial charge on any atom is -0.252 e. The Kier molecular flexibility index (Phi) is 8.99. The van der Waals surface area contributed by atoms with Crippen molar-refractivity contribution in [3.05, 3.63) is 240 Å². The normalized spacial score (nSPS) is 12.8. The van der Waals surface area contributed by atoms with Crippen molar-refractivity contribution >= 4 is 109 Å². The minimum atomic E-state index is 0.868. The maximum atomic E-state index is 5.41. The molecule has 330 valence electrons. The van der Waals surface area contributed by atoms with Crippen LogP contribution in [-0.4, -0.2) is 9.97 Å². The Labute approximate surface area is 413 Å². The van der Waals surface area contributed by atoms with Gasteiger partial charge in [0.25, 0.3) is 0 Å². The van der Waals surface area contributed by atoms with Gasteiger partial charge in [-0.25, -0.2) is 4.98 Å². The summed E-state index contributed by atoms with van der Waals surface area (Å²) in [4.78, 5) is 10.5. The summed E-state index contributed by atoms with van der Waals surface area (Å²) in [7, 11) is 0. The summed E-state index contributed by atoms with van der Waals surface area (Å²) in [6, 6.07) is 80.4. The Bertz CT molecular complexity index is 4680. The number of aromatic nitrogens is 2. The molecule has 71 heavy (non-hydrogen) atoms. The zero-order chi connectivity index (χ0) is 46.6. The number of thiophene rings is 1. The standard InChI is InChI=1S/C68H42N2S/c1-3-19-60-55(16-1)56-17-2-4-20-61(56)67-66(60)69-40-64(70-67)58-36-14-33-52-50(30-12-34-54(52)58)48-28-10-25-44-42(22-8-26-46(44)48)41-21-7-24-45-43(41)23-9-27-47(45)49-29-11-32-53-51(49)31-13-35-57(53)62-37-15-38-63-59-18-5-6-39-65(59)71-68(62)63/h1-14,16-36,38-40H,15,37H2. The molecule has 0 spiro atoms. The lowest BCUT2D eigenvalue weighted by molar-refractivity contribution is 1.09. The first-order valence-electron chi connectivity index (χ1n) is 24.6. The van der Waals surface area contributed by atoms with Crippen molar-refractivity contribution < 1.29 is 0 Å². The molecule has 2 aromatic heterocycles. The topological polar surface area (TPSA) is 25.8 Å². The molecule has 12 aromatic carbocycles. The molecule has 2 nitrogen and oxygen atoms in total. The Hall–Kier alpha value is -8.76. The van der Waals surface area contributed by atoms with Crippen LogP contribution in [0.3, 0.4) is 0 Å². The van der Waals surface area contributed by atoms with Crippen molar-refractivity contribution in [2.45, 2.75) is 12.8 Å². The highest BCUT2D eigenvalue weighted by Crippen LogP contribution is 2.44. The van der Waals surface area contributed by atoms with Crippen LogP contribution in [0.1, 0.15) is 18.4 Å². The van der Waals surface area contributed by atoms with Gasteiger partial charge in [-0.2, -0.15) is 0 Å². The second kappa shape index (κ2) is 15.9. The highest BCUT2D eigenvalue weighted by atomic mass is 32.1. The van der Waals surface area contributed by atoms with Gasteiger partial charge in [0.1, 0.15) is 0 Å². The van der Waals surface area contributed by atoms with E-state index < -0.39 is 0 Å². The molecule has 0 saturated carbocycles. The number of hydrogen-bond donors (Lipinski definition) is 0. The van der Waals surface area contributed by atoms with E-state index in [1.807, 2.05) is 17.5 Å². The average Bonchev–Trinajstić information content (AvgIpc) is 3.83. The molecule has 0 radical (unpaired) electrons. The summed E-state index contributed by atoms with van der Waals surface area (Å²) in [5.74, 6) is 0. The molecule has 0 unspecified atom stereocenters. The van der Waals surface area contributed by atoms with Gasteiger partial charge in [0.05, 0.1) is 22.9 Å². The van der Waals surface area contributed by atoms with E-state index in [0.29, 0.717) is 0 Å². The quantitative estimate of drug-likeness (QED) is 0.161. The highest BCUT2D eigenvalue weighted by molar-refractivity contribution is 7.17. The van der Waals surface area contributed by atoms with E-state index in [4.69, 9.17) is 9.97 Å². The van der Waals surface area contributed by atoms with Crippen LogP contribution in [0.2, 0.25) is 0 Å². The maximum absolute atomic E-state index is 5.41. The lowest BCUT2D eigenvalue weighted by atomic mass is 9.86. The van der Waals surface area contributed by atoms with Gasteiger partial charge in [-0.05, 0) is 128 Å². The van der Waals surface area contributed by atoms with Gasteiger partial charge in [-0.1, -0.05) is 218 Å². The number of fused-ring (bicyclic) bond motifs is 13. The largest absolute Gasteiger partial charge is 0.252 e. The molecule has 0 bridgehead atoms. The van der Waals surface area contributed by atoms with E-state index in [1.165, 1.54) is 113 Å². The van der Waals surface area contributed by atoms with Crippen molar-refractivity contribution in [2.75, 3.05) is 0 Å². The Morgan fingerprint density at radius 1 is 0.310 bits per heavy atom. The van der Waals surface area contributed by atoms with E-state index in [9.17, 15) is 0 Å². The first kappa shape index (κ1) is 40.2. The van der Waals surface area contributed by atoms with Gasteiger partial charge in [0.15, 0.2) is 0 Å². The van der Waals surface area contributed by atoms with Gasteiger partial charge < -0.3 is 0 Å². The molecule has 14 aromatic rings. The van der Waals surface area contributed by atoms with Crippen LogP contribution in [0.4, 0.5) is 0 Å². The van der Waals surface area contributed by atoms with Crippen LogP contribution < -0.4 is 9.75 Å². The fourth-order valence-electron chi connectivity index (χ4n) is 12.1. The summed E-state index contributed by atoms with van der Waals surface area (Å²) in [5.41, 5.74) is 14.0. The fraction of sp³-hybridized carbons (Fsp3) is 0.0294. The SMILES string of the molecule is C1=c2c(sc3ccccc23)=C(c2cccc3c(-c4cccc5c(-c6cccc7c(-c8cccc9c(-c%10cnc%11c%12ccccc%12c%12ccccc%12c%11n%10)cccc89)cccc67)cccc45)cccc23)CC1. The third-order valence-electron chi connectivity index (χ3n) is 15.2. The van der Waals surface area contributed by atoms with Gasteiger partial charge in [-0.3, -0.25) is 4.98 Å². The van der Waals surface area contributed by atoms with E-state index in [0.717, 1.165) is 51.3 Å². The second-order valence-corrected chi connectivity index (χ2v) is 20.0. The van der Waals surface area contributed by atoms with Crippen molar-refractivity contribution in [1.82, 2.24) is 9.97 Å². The number of hydrogen-bond acceptors (Lipinski definition) is 3. The first-order valence-corrected chi connectivity index (χ1v) is 25.4. The zero-order valence-corrected chi connectivity index (χ0v) is 39.5. The van der Waals surface area contributed by atoms with Crippen molar-refractivity contribution in [2.24, 2.45) is 0 Å². The van der Waals surface area contributed by atoms with Crippen LogP contribution in [0.15, 0.2) is 225 Å². The van der Waals surface area contributed by atoms with Crippen LogP contribution in [0.5, 0.6) is 0 Å². The van der Waals surface area contributed by atoms with Crippen molar-refractivity contribution in [1.29, 1.82) is 0 Å². The first-order chi connectivity index (χ1) is 35.2. The third kappa shape index (κ3) is 6.13. The Morgan fingerprint density at radius 2 is 0.676 bits per heavy atom. The lowest BCUT2D eigenvalue weighted by Crippen LogP contribution is -2.25. The molecular formula is C68H42N2S. The molecule has 1 aliphatic carbocycles. The molecule has 0 N–H and O–H groups in total. The number of benzene rings is 12. The number of rotatable bonds is 5. The van der Waals surface area contributed by atoms with Crippen molar-refractivity contribution in [3.8, 4) is 44.6 Å². The number of nitrogens with zero attached hydrogens (tertiary/aromatic N) is 2. The molecule has 2 heterocycles. The molecule has 15 rings (SSSR count). The molecule has 3 heteroatoms. The predicted octanol–water partition coefficient (Wildman–Crippen LogP) is 17.2. The van der Waals surface area contributed by atoms with E-state index in [1.54, 1.807) is 0 Å². The van der Waals surface area contributed by atoms with Gasteiger partial charge in [0, 0.05) is 25.6 Å². The fourth-order valence-corrected chi connectivity index (χ4v) is 13.4. The summed E-state index contributed by atoms with van der Waals surface area (Å²) in [5, 5.41) is 17.3. The average molecular weight is 919 g/mol. The lowest BCUT2D eigenvalue weighted by Gasteiger charge is -2.17. The van der Waals surface area contributed by atoms with E-state index >= 15 is 0 Å². The molecular weight excluding hydrogens is 877 g/mol. The van der Waals surface area contributed by atoms with E-state index in [2.05, 4.69) is 224 Å².